The quantitative estimate of drug-likeness (QED) is 0.703. The molecule has 4 nitrogen and oxygen atoms in total. The fourth-order valence-electron chi connectivity index (χ4n) is 2.02. The van der Waals surface area contributed by atoms with Gasteiger partial charge in [-0.15, -0.1) is 0 Å². The van der Waals surface area contributed by atoms with Crippen LogP contribution < -0.4 is 9.62 Å². The third-order valence-corrected chi connectivity index (χ3v) is 3.33. The van der Waals surface area contributed by atoms with Crippen LogP contribution in [0.5, 0.6) is 0 Å². The van der Waals surface area contributed by atoms with Crippen LogP contribution in [-0.2, 0) is 23.0 Å². The Kier molecular flexibility index (Phi) is 2.90. The Bertz CT molecular complexity index is 497. The first-order valence-electron chi connectivity index (χ1n) is 5.21. The summed E-state index contributed by atoms with van der Waals surface area (Å²) in [6.07, 6.45) is 2.12. The lowest BCUT2D eigenvalue weighted by Crippen LogP contribution is -3.06. The van der Waals surface area contributed by atoms with E-state index in [0.29, 0.717) is 5.69 Å². The lowest BCUT2D eigenvalue weighted by molar-refractivity contribution is -0.870. The summed E-state index contributed by atoms with van der Waals surface area (Å²) >= 11 is 0. The minimum atomic E-state index is -3.21. The third-order valence-electron chi connectivity index (χ3n) is 2.74. The number of fused-ring (bicyclic) bond motifs is 1. The minimum Gasteiger partial charge on any atom is -0.464 e. The molecule has 88 valence electrons. The van der Waals surface area contributed by atoms with E-state index in [1.165, 1.54) is 11.8 Å². The van der Waals surface area contributed by atoms with Gasteiger partial charge in [-0.3, -0.25) is 4.72 Å². The topological polar surface area (TPSA) is 50.6 Å². The second-order valence-corrected chi connectivity index (χ2v) is 5.99. The molecule has 0 aromatic heterocycles. The highest BCUT2D eigenvalue weighted by atomic mass is 32.2. The van der Waals surface area contributed by atoms with E-state index in [1.54, 1.807) is 6.07 Å². The molecule has 1 aromatic carbocycles. The van der Waals surface area contributed by atoms with Gasteiger partial charge < -0.3 is 4.90 Å². The predicted octanol–water partition coefficient (Wildman–Crippen LogP) is -0.209. The van der Waals surface area contributed by atoms with Gasteiger partial charge in [0.25, 0.3) is 0 Å². The second-order valence-electron chi connectivity index (χ2n) is 4.24. The van der Waals surface area contributed by atoms with Gasteiger partial charge in [0.1, 0.15) is 0 Å². The van der Waals surface area contributed by atoms with Crippen molar-refractivity contribution in [2.24, 2.45) is 0 Å². The molecule has 2 rings (SSSR count). The number of rotatable bonds is 2. The monoisotopic (exact) mass is 240 g/mol. The first-order valence-corrected chi connectivity index (χ1v) is 7.10. The number of sulfonamides is 1. The van der Waals surface area contributed by atoms with E-state index in [-0.39, 0.29) is 0 Å². The number of hydrogen-bond acceptors (Lipinski definition) is 2. The molecule has 0 bridgehead atoms. The van der Waals surface area contributed by atoms with Crippen molar-refractivity contribution < 1.29 is 13.3 Å². The lowest BCUT2D eigenvalue weighted by atomic mass is 9.99. The van der Waals surface area contributed by atoms with Crippen molar-refractivity contribution in [3.05, 3.63) is 36.4 Å². The van der Waals surface area contributed by atoms with E-state index < -0.39 is 10.0 Å². The van der Waals surface area contributed by atoms with Crippen LogP contribution in [0.15, 0.2) is 18.2 Å². The van der Waals surface area contributed by atoms with Crippen LogP contribution in [0.1, 0.15) is 11.1 Å². The average molecular weight is 240 g/mol. The van der Waals surface area contributed by atoms with Crippen LogP contribution >= 0.6 is 0 Å². The number of nitrogens with one attached hydrogen (secondary N) is 2. The maximum atomic E-state index is 11.2. The lowest BCUT2D eigenvalue weighted by Gasteiger charge is -2.29. The van der Waals surface area contributed by atoms with Gasteiger partial charge in [0.05, 0.1) is 25.0 Å². The minimum absolute atomic E-state index is 0.695. The van der Waals surface area contributed by atoms with E-state index in [0.717, 1.165) is 30.0 Å². The summed E-state index contributed by atoms with van der Waals surface area (Å²) in [4.78, 5) is 1.16. The fourth-order valence-corrected chi connectivity index (χ4v) is 2.61. The number of hydrogen-bond donors (Lipinski definition) is 2. The van der Waals surface area contributed by atoms with Crippen LogP contribution in [0.2, 0.25) is 0 Å². The van der Waals surface area contributed by atoms with E-state index >= 15 is 0 Å². The molecule has 0 radical (unpaired) electrons. The van der Waals surface area contributed by atoms with Gasteiger partial charge in [0.2, 0.25) is 10.0 Å². The summed E-state index contributed by atoms with van der Waals surface area (Å²) < 4.78 is 25.0. The Morgan fingerprint density at radius 2 is 2.19 bits per heavy atom. The summed E-state index contributed by atoms with van der Waals surface area (Å²) in [5.41, 5.74) is 2.99. The zero-order chi connectivity index (χ0) is 11.8. The number of anilines is 1. The van der Waals surface area contributed by atoms with Crippen molar-refractivity contribution in [3.8, 4) is 0 Å². The van der Waals surface area contributed by atoms with Gasteiger partial charge in [-0.1, -0.05) is 12.1 Å². The smallest absolute Gasteiger partial charge is 0.229 e. The molecule has 1 heterocycles. The molecule has 0 amide bonds. The van der Waals surface area contributed by atoms with E-state index in [2.05, 4.69) is 17.8 Å². The molecule has 2 N–H and O–H groups in total. The van der Waals surface area contributed by atoms with Gasteiger partial charge in [-0.25, -0.2) is 8.42 Å². The predicted molar refractivity (Wildman–Crippen MR) is 63.5 cm³/mol. The molecule has 0 saturated carbocycles. The standard InChI is InChI=1S/C11H16N2O2S/c1-13-7-6-9-4-3-5-11(10(9)8-13)12-16(2,14)15/h3-5,12-13H,1,6-8H2,2H3. The molecule has 5 heteroatoms. The molecule has 0 saturated heterocycles. The average Bonchev–Trinajstić information content (AvgIpc) is 2.17. The van der Waals surface area contributed by atoms with Crippen molar-refractivity contribution >= 4 is 15.7 Å². The van der Waals surface area contributed by atoms with Gasteiger partial charge in [0, 0.05) is 12.0 Å². The first-order chi connectivity index (χ1) is 7.46. The highest BCUT2D eigenvalue weighted by Crippen LogP contribution is 2.22. The molecular formula is C11H16N2O2S. The number of benzene rings is 1. The molecule has 1 aliphatic heterocycles. The van der Waals surface area contributed by atoms with Crippen LogP contribution in [0.25, 0.3) is 0 Å². The summed E-state index contributed by atoms with van der Waals surface area (Å²) in [6, 6.07) is 5.74. The highest BCUT2D eigenvalue weighted by molar-refractivity contribution is 7.92. The Balaban J connectivity index is 2.39. The van der Waals surface area contributed by atoms with E-state index in [4.69, 9.17) is 0 Å². The van der Waals surface area contributed by atoms with Crippen molar-refractivity contribution in [3.63, 3.8) is 0 Å². The summed E-state index contributed by atoms with van der Waals surface area (Å²) in [5.74, 6) is 0. The molecule has 0 fully saturated rings. The molecule has 0 aliphatic carbocycles. The van der Waals surface area contributed by atoms with Crippen molar-refractivity contribution in [2.75, 3.05) is 17.5 Å². The summed E-state index contributed by atoms with van der Waals surface area (Å²) in [7, 11) is 0.766. The van der Waals surface area contributed by atoms with Gasteiger partial charge in [0.15, 0.2) is 0 Å². The molecule has 1 atom stereocenters. The Hall–Kier alpha value is -1.07. The second kappa shape index (κ2) is 4.07. The molecule has 1 unspecified atom stereocenters. The zero-order valence-corrected chi connectivity index (χ0v) is 10.1. The SMILES string of the molecule is [CH2-][NH+]1CCc2cccc(NS(C)(=O)=O)c2C1. The summed E-state index contributed by atoms with van der Waals surface area (Å²) in [6.45, 7) is 1.77. The summed E-state index contributed by atoms with van der Waals surface area (Å²) in [5, 5.41) is 0. The van der Waals surface area contributed by atoms with Crippen LogP contribution in [0.4, 0.5) is 5.69 Å². The Morgan fingerprint density at radius 3 is 2.88 bits per heavy atom. The van der Waals surface area contributed by atoms with Crippen LogP contribution in [0.3, 0.4) is 0 Å². The number of quaternary nitrogens is 1. The van der Waals surface area contributed by atoms with Gasteiger partial charge >= 0.3 is 0 Å². The Morgan fingerprint density at radius 1 is 1.44 bits per heavy atom. The normalized spacial score (nSPS) is 20.2. The van der Waals surface area contributed by atoms with E-state index in [9.17, 15) is 8.42 Å². The zero-order valence-electron chi connectivity index (χ0n) is 9.29. The van der Waals surface area contributed by atoms with Crippen molar-refractivity contribution in [2.45, 2.75) is 13.0 Å². The van der Waals surface area contributed by atoms with Crippen LogP contribution in [0, 0.1) is 7.05 Å². The molecule has 16 heavy (non-hydrogen) atoms. The van der Waals surface area contributed by atoms with Crippen molar-refractivity contribution in [1.29, 1.82) is 0 Å². The maximum absolute atomic E-state index is 11.2. The highest BCUT2D eigenvalue weighted by Gasteiger charge is 2.17. The first kappa shape index (κ1) is 11.4. The van der Waals surface area contributed by atoms with E-state index in [1.807, 2.05) is 6.07 Å². The molecule has 1 aromatic rings. The molecule has 0 spiro atoms. The van der Waals surface area contributed by atoms with Crippen LogP contribution in [-0.4, -0.2) is 21.2 Å². The Labute approximate surface area is 96.3 Å². The third kappa shape index (κ3) is 2.54. The van der Waals surface area contributed by atoms with Gasteiger partial charge in [-0.2, -0.15) is 7.05 Å². The van der Waals surface area contributed by atoms with Gasteiger partial charge in [-0.05, 0) is 11.6 Å². The largest absolute Gasteiger partial charge is 0.464 e. The molecular weight excluding hydrogens is 224 g/mol. The van der Waals surface area contributed by atoms with Crippen molar-refractivity contribution in [1.82, 2.24) is 0 Å². The molecule has 1 aliphatic rings. The fraction of sp³-hybridized carbons (Fsp3) is 0.364. The maximum Gasteiger partial charge on any atom is 0.229 e.